The molecule has 1 N–H and O–H groups in total. The van der Waals surface area contributed by atoms with E-state index in [4.69, 9.17) is 5.26 Å². The Morgan fingerprint density at radius 2 is 1.78 bits per heavy atom. The van der Waals surface area contributed by atoms with Gasteiger partial charge in [-0.15, -0.1) is 0 Å². The highest BCUT2D eigenvalue weighted by atomic mass is 32.2. The molecule has 0 aromatic heterocycles. The predicted octanol–water partition coefficient (Wildman–Crippen LogP) is 3.44. The number of carbonyl (C=O) groups excluding carboxylic acids is 1. The van der Waals surface area contributed by atoms with E-state index in [2.05, 4.69) is 5.32 Å². The molecule has 1 amide bonds. The highest BCUT2D eigenvalue weighted by molar-refractivity contribution is 7.89. The van der Waals surface area contributed by atoms with Crippen LogP contribution in [-0.4, -0.2) is 45.3 Å². The molecule has 0 atom stereocenters. The zero-order valence-corrected chi connectivity index (χ0v) is 18.0. The van der Waals surface area contributed by atoms with Gasteiger partial charge in [-0.1, -0.05) is 0 Å². The number of hydrogen-bond donors (Lipinski definition) is 1. The summed E-state index contributed by atoms with van der Waals surface area (Å²) in [4.78, 5) is 14.3. The fraction of sp³-hybridized carbons (Fsp3) is 0.333. The number of hydrogen-bond acceptors (Lipinski definition) is 5. The van der Waals surface area contributed by atoms with Crippen molar-refractivity contribution in [1.29, 1.82) is 5.26 Å². The van der Waals surface area contributed by atoms with Gasteiger partial charge in [0.25, 0.3) is 0 Å². The molecule has 11 heteroatoms. The first-order chi connectivity index (χ1) is 15.0. The molecule has 0 radical (unpaired) electrons. The number of halogens is 3. The van der Waals surface area contributed by atoms with Crippen molar-refractivity contribution in [3.8, 4) is 6.07 Å². The van der Waals surface area contributed by atoms with Gasteiger partial charge in [0.05, 0.1) is 40.0 Å². The number of nitrogens with one attached hydrogen (secondary N) is 1. The van der Waals surface area contributed by atoms with Crippen LogP contribution in [0.25, 0.3) is 0 Å². The zero-order chi connectivity index (χ0) is 23.5. The van der Waals surface area contributed by atoms with E-state index in [1.54, 1.807) is 0 Å². The number of amides is 1. The monoisotopic (exact) mass is 466 g/mol. The van der Waals surface area contributed by atoms with Crippen LogP contribution in [0.1, 0.15) is 24.0 Å². The number of likely N-dealkylation sites (N-methyl/N-ethyl adjacent to an activating group) is 1. The van der Waals surface area contributed by atoms with Gasteiger partial charge in [-0.05, 0) is 55.3 Å². The summed E-state index contributed by atoms with van der Waals surface area (Å²) >= 11 is 0. The van der Waals surface area contributed by atoms with Crippen molar-refractivity contribution >= 4 is 27.3 Å². The van der Waals surface area contributed by atoms with Crippen molar-refractivity contribution in [2.45, 2.75) is 23.9 Å². The third kappa shape index (κ3) is 5.20. The second kappa shape index (κ2) is 9.18. The SMILES string of the molecule is CN(CC(=O)Nc1cc(C(F)(F)F)ccc1N1CCCC1)S(=O)(=O)c1ccc(C#N)cc1. The van der Waals surface area contributed by atoms with Gasteiger partial charge in [-0.25, -0.2) is 8.42 Å². The van der Waals surface area contributed by atoms with Crippen molar-refractivity contribution < 1.29 is 26.4 Å². The van der Waals surface area contributed by atoms with E-state index < -0.39 is 34.2 Å². The minimum Gasteiger partial charge on any atom is -0.370 e. The molecule has 3 rings (SSSR count). The van der Waals surface area contributed by atoms with E-state index in [1.165, 1.54) is 37.4 Å². The fourth-order valence-corrected chi connectivity index (χ4v) is 4.53. The summed E-state index contributed by atoms with van der Waals surface area (Å²) in [6.45, 7) is 0.709. The summed E-state index contributed by atoms with van der Waals surface area (Å²) in [7, 11) is -2.84. The maximum Gasteiger partial charge on any atom is 0.416 e. The molecule has 0 spiro atoms. The highest BCUT2D eigenvalue weighted by Crippen LogP contribution is 2.36. The molecule has 2 aromatic rings. The summed E-state index contributed by atoms with van der Waals surface area (Å²) < 4.78 is 65.7. The average molecular weight is 466 g/mol. The van der Waals surface area contributed by atoms with Gasteiger partial charge in [-0.2, -0.15) is 22.7 Å². The van der Waals surface area contributed by atoms with E-state index in [-0.39, 0.29) is 16.1 Å². The molecule has 0 bridgehead atoms. The summed E-state index contributed by atoms with van der Waals surface area (Å²) in [6.07, 6.45) is -2.81. The van der Waals surface area contributed by atoms with Crippen molar-refractivity contribution in [2.75, 3.05) is 36.9 Å². The Hall–Kier alpha value is -3.10. The normalized spacial score (nSPS) is 14.4. The van der Waals surface area contributed by atoms with Crippen LogP contribution in [0.3, 0.4) is 0 Å². The summed E-state index contributed by atoms with van der Waals surface area (Å²) in [5, 5.41) is 11.3. The minimum absolute atomic E-state index is 0.0177. The van der Waals surface area contributed by atoms with Gasteiger partial charge < -0.3 is 10.2 Å². The minimum atomic E-state index is -4.58. The molecule has 1 aliphatic rings. The molecule has 0 aliphatic carbocycles. The van der Waals surface area contributed by atoms with Crippen LogP contribution in [0.2, 0.25) is 0 Å². The number of nitrogens with zero attached hydrogens (tertiary/aromatic N) is 3. The molecule has 7 nitrogen and oxygen atoms in total. The molecular formula is C21H21F3N4O3S. The van der Waals surface area contributed by atoms with Gasteiger partial charge in [0.1, 0.15) is 0 Å². The lowest BCUT2D eigenvalue weighted by Crippen LogP contribution is -2.35. The number of nitriles is 1. The first-order valence-corrected chi connectivity index (χ1v) is 11.2. The predicted molar refractivity (Wildman–Crippen MR) is 112 cm³/mol. The van der Waals surface area contributed by atoms with Crippen molar-refractivity contribution in [3.63, 3.8) is 0 Å². The number of anilines is 2. The number of carbonyl (C=O) groups is 1. The molecule has 1 heterocycles. The van der Waals surface area contributed by atoms with Gasteiger partial charge in [0.2, 0.25) is 15.9 Å². The third-order valence-electron chi connectivity index (χ3n) is 5.10. The maximum absolute atomic E-state index is 13.2. The molecule has 170 valence electrons. The van der Waals surface area contributed by atoms with Crippen LogP contribution < -0.4 is 10.2 Å². The average Bonchev–Trinajstić information content (AvgIpc) is 3.27. The summed E-state index contributed by atoms with van der Waals surface area (Å²) in [6, 6.07) is 10.2. The van der Waals surface area contributed by atoms with E-state index in [0.29, 0.717) is 18.8 Å². The standard InChI is InChI=1S/C21H21F3N4O3S/c1-27(32(30,31)17-7-4-15(13-25)5-8-17)14-20(29)26-18-12-16(21(22,23)24)6-9-19(18)28-10-2-3-11-28/h4-9,12H,2-3,10-11,14H2,1H3,(H,26,29). The largest absolute Gasteiger partial charge is 0.416 e. The Morgan fingerprint density at radius 1 is 1.16 bits per heavy atom. The first kappa shape index (κ1) is 23.6. The van der Waals surface area contributed by atoms with Gasteiger partial charge in [0, 0.05) is 20.1 Å². The number of sulfonamides is 1. The zero-order valence-electron chi connectivity index (χ0n) is 17.2. The van der Waals surface area contributed by atoms with E-state index in [1.807, 2.05) is 11.0 Å². The Bertz CT molecular complexity index is 1140. The van der Waals surface area contributed by atoms with Gasteiger partial charge >= 0.3 is 6.18 Å². The van der Waals surface area contributed by atoms with Crippen molar-refractivity contribution in [3.05, 3.63) is 53.6 Å². The summed E-state index contributed by atoms with van der Waals surface area (Å²) in [5.74, 6) is -0.774. The van der Waals surface area contributed by atoms with Crippen LogP contribution in [0.15, 0.2) is 47.4 Å². The Morgan fingerprint density at radius 3 is 2.34 bits per heavy atom. The second-order valence-corrected chi connectivity index (χ2v) is 9.41. The van der Waals surface area contributed by atoms with Crippen LogP contribution in [0, 0.1) is 11.3 Å². The second-order valence-electron chi connectivity index (χ2n) is 7.37. The van der Waals surface area contributed by atoms with Crippen LogP contribution in [0.4, 0.5) is 24.5 Å². The van der Waals surface area contributed by atoms with E-state index >= 15 is 0 Å². The summed E-state index contributed by atoms with van der Waals surface area (Å²) in [5.41, 5.74) is -0.185. The number of alkyl halides is 3. The topological polar surface area (TPSA) is 93.5 Å². The van der Waals surface area contributed by atoms with Gasteiger partial charge in [-0.3, -0.25) is 4.79 Å². The lowest BCUT2D eigenvalue weighted by Gasteiger charge is -2.23. The molecule has 2 aromatic carbocycles. The van der Waals surface area contributed by atoms with E-state index in [9.17, 15) is 26.4 Å². The van der Waals surface area contributed by atoms with Crippen LogP contribution in [0.5, 0.6) is 0 Å². The van der Waals surface area contributed by atoms with Crippen molar-refractivity contribution in [1.82, 2.24) is 4.31 Å². The fourth-order valence-electron chi connectivity index (χ4n) is 3.40. The molecule has 0 saturated carbocycles. The Balaban J connectivity index is 1.80. The lowest BCUT2D eigenvalue weighted by molar-refractivity contribution is -0.137. The molecule has 1 aliphatic heterocycles. The molecule has 0 unspecified atom stereocenters. The van der Waals surface area contributed by atoms with E-state index in [0.717, 1.165) is 29.3 Å². The van der Waals surface area contributed by atoms with Crippen molar-refractivity contribution in [2.24, 2.45) is 0 Å². The molecule has 1 fully saturated rings. The lowest BCUT2D eigenvalue weighted by atomic mass is 10.1. The number of rotatable bonds is 6. The Labute approximate surface area is 184 Å². The molecule has 32 heavy (non-hydrogen) atoms. The van der Waals surface area contributed by atoms with Gasteiger partial charge in [0.15, 0.2) is 0 Å². The molecule has 1 saturated heterocycles. The maximum atomic E-state index is 13.2. The highest BCUT2D eigenvalue weighted by Gasteiger charge is 2.32. The molecular weight excluding hydrogens is 445 g/mol. The third-order valence-corrected chi connectivity index (χ3v) is 6.92. The number of benzene rings is 2. The quantitative estimate of drug-likeness (QED) is 0.704. The Kier molecular flexibility index (Phi) is 6.76. The first-order valence-electron chi connectivity index (χ1n) is 9.75. The van der Waals surface area contributed by atoms with Crippen LogP contribution >= 0.6 is 0 Å². The van der Waals surface area contributed by atoms with Crippen LogP contribution in [-0.2, 0) is 21.0 Å². The smallest absolute Gasteiger partial charge is 0.370 e.